The molecular weight excluding hydrogens is 815 g/mol. The van der Waals surface area contributed by atoms with Crippen LogP contribution in [0.3, 0.4) is 0 Å². The third kappa shape index (κ3) is 30.9. The molecule has 1 fully saturated rings. The van der Waals surface area contributed by atoms with Crippen LogP contribution >= 0.6 is 7.82 Å². The molecule has 0 aromatic heterocycles. The van der Waals surface area contributed by atoms with Gasteiger partial charge >= 0.3 is 19.8 Å². The number of carbonyl (C=O) groups is 2. The van der Waals surface area contributed by atoms with Gasteiger partial charge in [0.2, 0.25) is 0 Å². The highest BCUT2D eigenvalue weighted by molar-refractivity contribution is 7.47. The lowest BCUT2D eigenvalue weighted by Crippen LogP contribution is -2.64. The van der Waals surface area contributed by atoms with Crippen molar-refractivity contribution in [1.29, 1.82) is 0 Å². The van der Waals surface area contributed by atoms with E-state index in [1.165, 1.54) is 161 Å². The van der Waals surface area contributed by atoms with Crippen molar-refractivity contribution < 1.29 is 63.1 Å². The zero-order valence-corrected chi connectivity index (χ0v) is 40.1. The van der Waals surface area contributed by atoms with Gasteiger partial charge in [0, 0.05) is 12.8 Å². The summed E-state index contributed by atoms with van der Waals surface area (Å²) >= 11 is 0. The molecule has 8 atom stereocenters. The summed E-state index contributed by atoms with van der Waals surface area (Å²) in [4.78, 5) is 35.8. The van der Waals surface area contributed by atoms with Crippen molar-refractivity contribution in [2.75, 3.05) is 13.2 Å². The number of phosphoric acid groups is 1. The summed E-state index contributed by atoms with van der Waals surface area (Å²) in [7, 11) is -5.11. The second-order valence-electron chi connectivity index (χ2n) is 18.0. The smallest absolute Gasteiger partial charge is 0.462 e. The van der Waals surface area contributed by atoms with Crippen molar-refractivity contribution in [3.63, 3.8) is 0 Å². The van der Waals surface area contributed by atoms with E-state index >= 15 is 0 Å². The van der Waals surface area contributed by atoms with Crippen LogP contribution in [-0.4, -0.2) is 98.3 Å². The average molecular weight is 909 g/mol. The minimum absolute atomic E-state index is 0.105. The van der Waals surface area contributed by atoms with Crippen molar-refractivity contribution in [3.05, 3.63) is 0 Å². The summed E-state index contributed by atoms with van der Waals surface area (Å²) in [6.45, 7) is 3.34. The van der Waals surface area contributed by atoms with Gasteiger partial charge in [-0.25, -0.2) is 4.57 Å². The van der Waals surface area contributed by atoms with Gasteiger partial charge in [0.15, 0.2) is 6.10 Å². The van der Waals surface area contributed by atoms with Gasteiger partial charge in [-0.2, -0.15) is 0 Å². The number of hydrogen-bond acceptors (Lipinski definition) is 12. The van der Waals surface area contributed by atoms with Crippen LogP contribution in [0, 0.1) is 0 Å². The quantitative estimate of drug-likeness (QED) is 0.0191. The first-order valence-corrected chi connectivity index (χ1v) is 26.8. The van der Waals surface area contributed by atoms with E-state index in [1.54, 1.807) is 0 Å². The number of phosphoric ester groups is 1. The SMILES string of the molecule is CCCCCCCCCCCCCCCCCCCCCC(=O)O[C@H](COC(=O)CCCCCCCCCCCCCCCC)COP(=O)(O)OC1C(O)C(O)C(O)[C@@H](O)C1O. The van der Waals surface area contributed by atoms with Crippen LogP contribution < -0.4 is 0 Å². The Morgan fingerprint density at radius 3 is 1.06 bits per heavy atom. The minimum Gasteiger partial charge on any atom is -0.462 e. The molecule has 6 N–H and O–H groups in total. The normalized spacial score (nSPS) is 21.7. The van der Waals surface area contributed by atoms with Crippen molar-refractivity contribution in [2.45, 2.75) is 281 Å². The first-order chi connectivity index (χ1) is 29.9. The van der Waals surface area contributed by atoms with Crippen LogP contribution in [0.15, 0.2) is 0 Å². The molecular formula is C48H93O13P. The maximum atomic E-state index is 12.8. The van der Waals surface area contributed by atoms with E-state index in [1.807, 2.05) is 0 Å². The fraction of sp³-hybridized carbons (Fsp3) is 0.958. The number of aliphatic hydroxyl groups is 5. The molecule has 1 rings (SSSR count). The predicted octanol–water partition coefficient (Wildman–Crippen LogP) is 10.5. The molecule has 0 radical (unpaired) electrons. The van der Waals surface area contributed by atoms with E-state index in [4.69, 9.17) is 18.5 Å². The van der Waals surface area contributed by atoms with Gasteiger partial charge in [0.05, 0.1) is 6.61 Å². The minimum atomic E-state index is -5.11. The molecule has 1 aliphatic rings. The topological polar surface area (TPSA) is 210 Å². The number of unbranched alkanes of at least 4 members (excludes halogenated alkanes) is 31. The molecule has 1 aliphatic carbocycles. The molecule has 0 aromatic rings. The maximum Gasteiger partial charge on any atom is 0.472 e. The number of ether oxygens (including phenoxy) is 2. The number of carbonyl (C=O) groups excluding carboxylic acids is 2. The Bertz CT molecular complexity index is 1100. The number of hydrogen-bond donors (Lipinski definition) is 6. The van der Waals surface area contributed by atoms with Gasteiger partial charge in [-0.3, -0.25) is 18.6 Å². The molecule has 368 valence electrons. The van der Waals surface area contributed by atoms with Crippen LogP contribution in [0.1, 0.15) is 239 Å². The van der Waals surface area contributed by atoms with Crippen LogP contribution in [0.2, 0.25) is 0 Å². The second kappa shape index (κ2) is 39.1. The summed E-state index contributed by atoms with van der Waals surface area (Å²) in [6, 6.07) is 0. The molecule has 14 heteroatoms. The van der Waals surface area contributed by atoms with Gasteiger partial charge in [0.25, 0.3) is 0 Å². The molecule has 0 heterocycles. The summed E-state index contributed by atoms with van der Waals surface area (Å²) < 4.78 is 33.6. The van der Waals surface area contributed by atoms with Crippen molar-refractivity contribution in [2.24, 2.45) is 0 Å². The fourth-order valence-electron chi connectivity index (χ4n) is 8.11. The molecule has 0 amide bonds. The van der Waals surface area contributed by atoms with E-state index in [-0.39, 0.29) is 12.8 Å². The molecule has 13 nitrogen and oxygen atoms in total. The zero-order valence-electron chi connectivity index (χ0n) is 39.2. The van der Waals surface area contributed by atoms with Crippen molar-refractivity contribution >= 4 is 19.8 Å². The molecule has 0 bridgehead atoms. The first-order valence-electron chi connectivity index (χ1n) is 25.3. The Hall–Kier alpha value is -1.15. The molecule has 0 aliphatic heterocycles. The summed E-state index contributed by atoms with van der Waals surface area (Å²) in [5.41, 5.74) is 0. The van der Waals surface area contributed by atoms with Gasteiger partial charge in [0.1, 0.15) is 43.2 Å². The molecule has 6 unspecified atom stereocenters. The highest BCUT2D eigenvalue weighted by atomic mass is 31.2. The van der Waals surface area contributed by atoms with Crippen LogP contribution in [0.25, 0.3) is 0 Å². The van der Waals surface area contributed by atoms with Gasteiger partial charge in [-0.1, -0.05) is 213 Å². The maximum absolute atomic E-state index is 12.8. The number of aliphatic hydroxyl groups excluding tert-OH is 5. The highest BCUT2D eigenvalue weighted by Gasteiger charge is 2.51. The Morgan fingerprint density at radius 1 is 0.435 bits per heavy atom. The fourth-order valence-corrected chi connectivity index (χ4v) is 9.09. The van der Waals surface area contributed by atoms with Crippen molar-refractivity contribution in [1.82, 2.24) is 0 Å². The lowest BCUT2D eigenvalue weighted by atomic mass is 9.85. The van der Waals surface area contributed by atoms with Crippen LogP contribution in [0.5, 0.6) is 0 Å². The zero-order chi connectivity index (χ0) is 45.7. The van der Waals surface area contributed by atoms with E-state index in [0.717, 1.165) is 38.5 Å². The Labute approximate surface area is 376 Å². The summed E-state index contributed by atoms with van der Waals surface area (Å²) in [5, 5.41) is 50.2. The number of rotatable bonds is 43. The van der Waals surface area contributed by atoms with Gasteiger partial charge < -0.3 is 39.9 Å². The third-order valence-corrected chi connectivity index (χ3v) is 13.2. The first kappa shape index (κ1) is 58.9. The van der Waals surface area contributed by atoms with E-state index in [0.29, 0.717) is 12.8 Å². The molecule has 0 spiro atoms. The van der Waals surface area contributed by atoms with E-state index < -0.39 is 75.7 Å². The molecule has 0 aromatic carbocycles. The van der Waals surface area contributed by atoms with Crippen LogP contribution in [0.4, 0.5) is 0 Å². The molecule has 1 saturated carbocycles. The van der Waals surface area contributed by atoms with E-state index in [2.05, 4.69) is 13.8 Å². The summed E-state index contributed by atoms with van der Waals surface area (Å²) in [5.74, 6) is -1.08. The monoisotopic (exact) mass is 909 g/mol. The standard InChI is InChI=1S/C48H93O13P/c1-3-5-7-9-11-13-15-17-19-20-21-22-23-25-27-29-31-33-35-37-42(50)60-40(39-59-62(56,57)61-48-46(54)44(52)43(51)45(53)47(48)55)38-58-41(49)36-34-32-30-28-26-24-18-16-14-12-10-8-6-4-2/h40,43-48,51-55H,3-39H2,1-2H3,(H,56,57)/t40-,43?,44-,45?,46?,47?,48?/m1/s1. The van der Waals surface area contributed by atoms with E-state index in [9.17, 15) is 44.6 Å². The van der Waals surface area contributed by atoms with Gasteiger partial charge in [-0.05, 0) is 12.8 Å². The number of esters is 2. The lowest BCUT2D eigenvalue weighted by molar-refractivity contribution is -0.220. The Kier molecular flexibility index (Phi) is 37.1. The molecule has 0 saturated heterocycles. The predicted molar refractivity (Wildman–Crippen MR) is 244 cm³/mol. The largest absolute Gasteiger partial charge is 0.472 e. The summed E-state index contributed by atoms with van der Waals surface area (Å²) in [6.07, 6.45) is 27.2. The second-order valence-corrected chi connectivity index (χ2v) is 19.4. The average Bonchev–Trinajstić information content (AvgIpc) is 3.25. The van der Waals surface area contributed by atoms with Gasteiger partial charge in [-0.15, -0.1) is 0 Å². The van der Waals surface area contributed by atoms with Crippen molar-refractivity contribution in [3.8, 4) is 0 Å². The van der Waals surface area contributed by atoms with Crippen LogP contribution in [-0.2, 0) is 32.7 Å². The third-order valence-electron chi connectivity index (χ3n) is 12.2. The Balaban J connectivity index is 2.38. The lowest BCUT2D eigenvalue weighted by Gasteiger charge is -2.41. The molecule has 62 heavy (non-hydrogen) atoms. The highest BCUT2D eigenvalue weighted by Crippen LogP contribution is 2.47. The Morgan fingerprint density at radius 2 is 0.726 bits per heavy atom.